The van der Waals surface area contributed by atoms with Crippen LogP contribution in [-0.4, -0.2) is 4.98 Å². The molecule has 0 saturated heterocycles. The standard InChI is InChI=1S/C33H22N2/c1-3-7-24-20(6-1)15-29-26(24)10-9-21-13-22-16-27-25-8-4-2-5-19(25)14-28(27)30-17-23-18-34-12-11-31(23)35(32(21)29)33(22)30/h1-12,16,18H,13-15,17H2. The molecule has 0 spiro atoms. The summed E-state index contributed by atoms with van der Waals surface area (Å²) in [6, 6.07) is 27.4. The smallest absolute Gasteiger partial charge is 0.0538 e. The van der Waals surface area contributed by atoms with Gasteiger partial charge in [-0.2, -0.15) is 0 Å². The van der Waals surface area contributed by atoms with Crippen molar-refractivity contribution in [3.05, 3.63) is 130 Å². The number of pyridine rings is 1. The second-order valence-corrected chi connectivity index (χ2v) is 10.3. The summed E-state index contributed by atoms with van der Waals surface area (Å²) in [5.74, 6) is 0. The topological polar surface area (TPSA) is 16.1 Å². The fourth-order valence-corrected chi connectivity index (χ4v) is 7.19. The van der Waals surface area contributed by atoms with Gasteiger partial charge in [0, 0.05) is 31.7 Å². The van der Waals surface area contributed by atoms with Gasteiger partial charge in [-0.15, -0.1) is 0 Å². The van der Waals surface area contributed by atoms with Crippen molar-refractivity contribution < 1.29 is 0 Å². The Kier molecular flexibility index (Phi) is 3.27. The zero-order valence-corrected chi connectivity index (χ0v) is 19.3. The molecule has 0 bridgehead atoms. The maximum Gasteiger partial charge on any atom is 0.0538 e. The zero-order valence-electron chi connectivity index (χ0n) is 19.3. The fraction of sp³-hybridized carbons (Fsp3) is 0.121. The van der Waals surface area contributed by atoms with Crippen LogP contribution in [0.4, 0.5) is 17.1 Å². The van der Waals surface area contributed by atoms with Gasteiger partial charge in [-0.05, 0) is 85.3 Å². The van der Waals surface area contributed by atoms with Crippen molar-refractivity contribution in [3.8, 4) is 22.3 Å². The van der Waals surface area contributed by atoms with Crippen molar-refractivity contribution in [2.24, 2.45) is 0 Å². The number of benzene rings is 4. The van der Waals surface area contributed by atoms with Crippen molar-refractivity contribution in [2.75, 3.05) is 4.90 Å². The molecule has 2 nitrogen and oxygen atoms in total. The molecule has 164 valence electrons. The first-order chi connectivity index (χ1) is 17.3. The molecule has 5 aromatic rings. The maximum atomic E-state index is 4.55. The Morgan fingerprint density at radius 3 is 2.09 bits per heavy atom. The number of nitrogens with zero attached hydrogens (tertiary/aromatic N) is 2. The van der Waals surface area contributed by atoms with E-state index in [1.807, 2.05) is 6.20 Å². The predicted octanol–water partition coefficient (Wildman–Crippen LogP) is 7.50. The summed E-state index contributed by atoms with van der Waals surface area (Å²) >= 11 is 0. The van der Waals surface area contributed by atoms with E-state index >= 15 is 0 Å². The highest BCUT2D eigenvalue weighted by Gasteiger charge is 2.38. The summed E-state index contributed by atoms with van der Waals surface area (Å²) in [4.78, 5) is 7.16. The van der Waals surface area contributed by atoms with Crippen LogP contribution in [-0.2, 0) is 25.7 Å². The molecule has 35 heavy (non-hydrogen) atoms. The van der Waals surface area contributed by atoms with E-state index in [-0.39, 0.29) is 0 Å². The van der Waals surface area contributed by atoms with Gasteiger partial charge in [0.1, 0.15) is 0 Å². The van der Waals surface area contributed by atoms with Crippen LogP contribution in [0.2, 0.25) is 0 Å². The van der Waals surface area contributed by atoms with Crippen molar-refractivity contribution in [2.45, 2.75) is 25.7 Å². The monoisotopic (exact) mass is 446 g/mol. The first kappa shape index (κ1) is 18.2. The third-order valence-electron chi connectivity index (χ3n) is 8.63. The van der Waals surface area contributed by atoms with E-state index in [9.17, 15) is 0 Å². The van der Waals surface area contributed by atoms with Gasteiger partial charge in [-0.1, -0.05) is 60.7 Å². The quantitative estimate of drug-likeness (QED) is 0.240. The van der Waals surface area contributed by atoms with Crippen molar-refractivity contribution >= 4 is 17.1 Å². The normalized spacial score (nSPS) is 14.9. The van der Waals surface area contributed by atoms with E-state index in [1.165, 1.54) is 83.8 Å². The molecular formula is C33H22N2. The number of anilines is 3. The van der Waals surface area contributed by atoms with Crippen LogP contribution < -0.4 is 4.90 Å². The van der Waals surface area contributed by atoms with Gasteiger partial charge in [0.05, 0.1) is 17.1 Å². The lowest BCUT2D eigenvalue weighted by Gasteiger charge is -2.41. The molecule has 0 amide bonds. The van der Waals surface area contributed by atoms with E-state index in [0.717, 1.165) is 25.7 Å². The molecule has 3 heterocycles. The molecule has 0 atom stereocenters. The Balaban J connectivity index is 1.36. The SMILES string of the molecule is c1ccc2c(c1)Cc1c-2cc2c3c1Cc1cnccc1N3c1c(ccc3c1Cc1ccccc1-3)C2. The Hall–Kier alpha value is -4.17. The second-order valence-electron chi connectivity index (χ2n) is 10.3. The fourth-order valence-electron chi connectivity index (χ4n) is 7.19. The van der Waals surface area contributed by atoms with Gasteiger partial charge < -0.3 is 4.90 Å². The molecular weight excluding hydrogens is 424 g/mol. The summed E-state index contributed by atoms with van der Waals surface area (Å²) in [5, 5.41) is 0. The van der Waals surface area contributed by atoms with Gasteiger partial charge in [0.15, 0.2) is 0 Å². The van der Waals surface area contributed by atoms with E-state index in [2.05, 4.69) is 88.9 Å². The Morgan fingerprint density at radius 2 is 1.23 bits per heavy atom. The molecule has 4 aliphatic rings. The van der Waals surface area contributed by atoms with Gasteiger partial charge in [0.25, 0.3) is 0 Å². The van der Waals surface area contributed by atoms with Gasteiger partial charge in [-0.25, -0.2) is 0 Å². The lowest BCUT2D eigenvalue weighted by molar-refractivity contribution is 0.976. The molecule has 0 fully saturated rings. The Labute approximate surface area is 204 Å². The summed E-state index contributed by atoms with van der Waals surface area (Å²) in [5.41, 5.74) is 21.4. The first-order valence-electron chi connectivity index (χ1n) is 12.6. The van der Waals surface area contributed by atoms with E-state index in [4.69, 9.17) is 0 Å². The molecule has 2 heteroatoms. The minimum absolute atomic E-state index is 0.962. The van der Waals surface area contributed by atoms with Crippen molar-refractivity contribution in [3.63, 3.8) is 0 Å². The van der Waals surface area contributed by atoms with Crippen LogP contribution in [0.15, 0.2) is 85.2 Å². The van der Waals surface area contributed by atoms with Crippen molar-refractivity contribution in [1.29, 1.82) is 0 Å². The lowest BCUT2D eigenvalue weighted by Crippen LogP contribution is -2.26. The molecule has 9 rings (SSSR count). The largest absolute Gasteiger partial charge is 0.309 e. The van der Waals surface area contributed by atoms with Gasteiger partial charge in [0.2, 0.25) is 0 Å². The highest BCUT2D eigenvalue weighted by atomic mass is 15.2. The summed E-state index contributed by atoms with van der Waals surface area (Å²) < 4.78 is 0. The molecule has 4 aromatic carbocycles. The van der Waals surface area contributed by atoms with Crippen LogP contribution >= 0.6 is 0 Å². The Bertz CT molecular complexity index is 1760. The van der Waals surface area contributed by atoms with Crippen LogP contribution in [0.5, 0.6) is 0 Å². The number of aromatic nitrogens is 1. The van der Waals surface area contributed by atoms with E-state index in [1.54, 1.807) is 0 Å². The third kappa shape index (κ3) is 2.23. The molecule has 0 radical (unpaired) electrons. The summed E-state index contributed by atoms with van der Waals surface area (Å²) in [7, 11) is 0. The number of hydrogen-bond donors (Lipinski definition) is 0. The number of rotatable bonds is 0. The molecule has 0 unspecified atom stereocenters. The van der Waals surface area contributed by atoms with E-state index in [0.29, 0.717) is 0 Å². The molecule has 0 N–H and O–H groups in total. The second kappa shape index (κ2) is 6.28. The average molecular weight is 447 g/mol. The van der Waals surface area contributed by atoms with Gasteiger partial charge in [-0.3, -0.25) is 4.98 Å². The van der Waals surface area contributed by atoms with Crippen LogP contribution in [0.25, 0.3) is 22.3 Å². The molecule has 2 aliphatic heterocycles. The highest BCUT2D eigenvalue weighted by molar-refractivity contribution is 5.97. The molecule has 2 aliphatic carbocycles. The van der Waals surface area contributed by atoms with Crippen molar-refractivity contribution in [1.82, 2.24) is 4.98 Å². The van der Waals surface area contributed by atoms with Crippen LogP contribution in [0, 0.1) is 0 Å². The number of fused-ring (bicyclic) bond motifs is 12. The van der Waals surface area contributed by atoms with Gasteiger partial charge >= 0.3 is 0 Å². The van der Waals surface area contributed by atoms with Crippen LogP contribution in [0.3, 0.4) is 0 Å². The highest BCUT2D eigenvalue weighted by Crippen LogP contribution is 2.57. The third-order valence-corrected chi connectivity index (χ3v) is 8.63. The van der Waals surface area contributed by atoms with Crippen LogP contribution in [0.1, 0.15) is 44.5 Å². The minimum Gasteiger partial charge on any atom is -0.309 e. The maximum absolute atomic E-state index is 4.55. The predicted molar refractivity (Wildman–Crippen MR) is 141 cm³/mol. The minimum atomic E-state index is 0.962. The molecule has 1 aromatic heterocycles. The molecule has 0 saturated carbocycles. The Morgan fingerprint density at radius 1 is 0.514 bits per heavy atom. The first-order valence-corrected chi connectivity index (χ1v) is 12.6. The van der Waals surface area contributed by atoms with E-state index < -0.39 is 0 Å². The summed E-state index contributed by atoms with van der Waals surface area (Å²) in [6.07, 6.45) is 8.04. The summed E-state index contributed by atoms with van der Waals surface area (Å²) in [6.45, 7) is 0. The number of hydrogen-bond acceptors (Lipinski definition) is 2. The lowest BCUT2D eigenvalue weighted by atomic mass is 9.81. The average Bonchev–Trinajstić information content (AvgIpc) is 3.47. The zero-order chi connectivity index (χ0) is 22.7.